The molecule has 0 radical (unpaired) electrons. The van der Waals surface area contributed by atoms with Crippen LogP contribution in [0.4, 0.5) is 8.78 Å². The predicted octanol–water partition coefficient (Wildman–Crippen LogP) is 2.26. The second kappa shape index (κ2) is 5.63. The van der Waals surface area contributed by atoms with Crippen molar-refractivity contribution < 1.29 is 8.78 Å². The number of hydrogen-bond acceptors (Lipinski definition) is 3. The number of nitrogens with one attached hydrogen (secondary N) is 1. The molecular formula is C10H15F2N3S. The zero-order chi connectivity index (χ0) is 11.4. The van der Waals surface area contributed by atoms with E-state index >= 15 is 0 Å². The Bertz CT molecular complexity index is 324. The van der Waals surface area contributed by atoms with E-state index < -0.39 is 6.55 Å². The number of rotatable bonds is 4. The molecule has 2 heterocycles. The van der Waals surface area contributed by atoms with Crippen molar-refractivity contribution in [2.45, 2.75) is 32.0 Å². The fraction of sp³-hybridized carbons (Fsp3) is 0.700. The Balaban J connectivity index is 1.86. The van der Waals surface area contributed by atoms with Gasteiger partial charge in [0, 0.05) is 18.4 Å². The van der Waals surface area contributed by atoms with Crippen molar-refractivity contribution in [3.8, 4) is 0 Å². The Morgan fingerprint density at radius 1 is 1.50 bits per heavy atom. The number of hydrogen-bond donors (Lipinski definition) is 1. The molecule has 6 heteroatoms. The lowest BCUT2D eigenvalue weighted by molar-refractivity contribution is 0.0664. The molecule has 2 rings (SSSR count). The third-order valence-corrected chi connectivity index (χ3v) is 3.78. The van der Waals surface area contributed by atoms with E-state index in [1.165, 1.54) is 12.4 Å². The zero-order valence-corrected chi connectivity index (χ0v) is 9.72. The minimum absolute atomic E-state index is 0.410. The van der Waals surface area contributed by atoms with E-state index in [9.17, 15) is 8.78 Å². The van der Waals surface area contributed by atoms with Gasteiger partial charge in [-0.25, -0.2) is 4.98 Å². The van der Waals surface area contributed by atoms with E-state index in [2.05, 4.69) is 10.3 Å². The highest BCUT2D eigenvalue weighted by Crippen LogP contribution is 2.18. The minimum atomic E-state index is -2.50. The highest BCUT2D eigenvalue weighted by Gasteiger charge is 2.15. The fourth-order valence-electron chi connectivity index (χ4n) is 1.80. The predicted molar refractivity (Wildman–Crippen MR) is 60.7 cm³/mol. The van der Waals surface area contributed by atoms with Gasteiger partial charge in [0.25, 0.3) is 0 Å². The highest BCUT2D eigenvalue weighted by atomic mass is 32.2. The summed E-state index contributed by atoms with van der Waals surface area (Å²) in [5.41, 5.74) is 0. The first-order valence-corrected chi connectivity index (χ1v) is 6.54. The molecule has 0 spiro atoms. The van der Waals surface area contributed by atoms with Crippen LogP contribution in [-0.4, -0.2) is 27.1 Å². The van der Waals surface area contributed by atoms with Crippen molar-refractivity contribution in [1.82, 2.24) is 14.9 Å². The summed E-state index contributed by atoms with van der Waals surface area (Å²) < 4.78 is 25.9. The van der Waals surface area contributed by atoms with E-state index in [1.54, 1.807) is 0 Å². The van der Waals surface area contributed by atoms with Crippen LogP contribution in [0.5, 0.6) is 0 Å². The van der Waals surface area contributed by atoms with Crippen LogP contribution < -0.4 is 5.32 Å². The van der Waals surface area contributed by atoms with E-state index in [4.69, 9.17) is 0 Å². The lowest BCUT2D eigenvalue weighted by Gasteiger charge is -2.22. The second-order valence-corrected chi connectivity index (χ2v) is 5.02. The molecule has 0 atom stereocenters. The van der Waals surface area contributed by atoms with Gasteiger partial charge in [0.1, 0.15) is 5.82 Å². The molecule has 0 unspecified atom stereocenters. The average molecular weight is 247 g/mol. The third-order valence-electron chi connectivity index (χ3n) is 2.73. The summed E-state index contributed by atoms with van der Waals surface area (Å²) in [5, 5.41) is 3.29. The molecule has 16 heavy (non-hydrogen) atoms. The molecule has 1 aromatic heterocycles. The molecule has 0 bridgehead atoms. The quantitative estimate of drug-likeness (QED) is 0.885. The van der Waals surface area contributed by atoms with Gasteiger partial charge in [-0.2, -0.15) is 20.5 Å². The number of aromatic nitrogens is 2. The summed E-state index contributed by atoms with van der Waals surface area (Å²) in [6, 6.07) is 0.448. The van der Waals surface area contributed by atoms with Crippen LogP contribution in [0.1, 0.15) is 25.2 Å². The fourth-order valence-corrected chi connectivity index (χ4v) is 2.90. The highest BCUT2D eigenvalue weighted by molar-refractivity contribution is 7.99. The number of thioether (sulfide) groups is 1. The lowest BCUT2D eigenvalue weighted by Crippen LogP contribution is -2.33. The number of imidazole rings is 1. The van der Waals surface area contributed by atoms with Crippen molar-refractivity contribution in [3.05, 3.63) is 18.2 Å². The van der Waals surface area contributed by atoms with Gasteiger partial charge in [0.2, 0.25) is 0 Å². The molecule has 1 fully saturated rings. The Hall–Kier alpha value is -0.620. The summed E-state index contributed by atoms with van der Waals surface area (Å²) in [6.07, 6.45) is 4.96. The summed E-state index contributed by atoms with van der Waals surface area (Å²) in [6.45, 7) is -2.08. The van der Waals surface area contributed by atoms with Crippen LogP contribution in [0.3, 0.4) is 0 Å². The van der Waals surface area contributed by atoms with E-state index in [0.717, 1.165) is 28.9 Å². The smallest absolute Gasteiger partial charge is 0.307 e. The summed E-state index contributed by atoms with van der Waals surface area (Å²) in [5.74, 6) is 2.72. The molecule has 0 saturated carbocycles. The van der Waals surface area contributed by atoms with Gasteiger partial charge in [-0.15, -0.1) is 0 Å². The SMILES string of the molecule is FC(F)n1ccnc1CNC1CCSCC1. The maximum atomic E-state index is 12.5. The van der Waals surface area contributed by atoms with Crippen molar-refractivity contribution in [2.75, 3.05) is 11.5 Å². The lowest BCUT2D eigenvalue weighted by atomic mass is 10.1. The van der Waals surface area contributed by atoms with Crippen molar-refractivity contribution in [3.63, 3.8) is 0 Å². The van der Waals surface area contributed by atoms with E-state index in [0.29, 0.717) is 18.4 Å². The van der Waals surface area contributed by atoms with Crippen LogP contribution in [0, 0.1) is 0 Å². The third kappa shape index (κ3) is 2.95. The Morgan fingerprint density at radius 3 is 2.94 bits per heavy atom. The van der Waals surface area contributed by atoms with Gasteiger partial charge in [0.15, 0.2) is 0 Å². The van der Waals surface area contributed by atoms with Gasteiger partial charge >= 0.3 is 6.55 Å². The zero-order valence-electron chi connectivity index (χ0n) is 8.90. The van der Waals surface area contributed by atoms with Gasteiger partial charge in [-0.05, 0) is 24.3 Å². The second-order valence-electron chi connectivity index (χ2n) is 3.80. The van der Waals surface area contributed by atoms with E-state index in [-0.39, 0.29) is 0 Å². The van der Waals surface area contributed by atoms with Crippen LogP contribution >= 0.6 is 11.8 Å². The first-order chi connectivity index (χ1) is 7.77. The Labute approximate surface area is 97.6 Å². The van der Waals surface area contributed by atoms with Gasteiger partial charge in [-0.1, -0.05) is 0 Å². The first kappa shape index (κ1) is 11.9. The molecule has 1 aliphatic heterocycles. The molecule has 3 nitrogen and oxygen atoms in total. The van der Waals surface area contributed by atoms with E-state index in [1.807, 2.05) is 11.8 Å². The molecule has 1 saturated heterocycles. The van der Waals surface area contributed by atoms with Crippen LogP contribution in [0.25, 0.3) is 0 Å². The Kier molecular flexibility index (Phi) is 4.17. The topological polar surface area (TPSA) is 29.9 Å². The average Bonchev–Trinajstić information content (AvgIpc) is 2.76. The molecule has 1 aliphatic rings. The van der Waals surface area contributed by atoms with Crippen LogP contribution in [0.15, 0.2) is 12.4 Å². The summed E-state index contributed by atoms with van der Waals surface area (Å²) in [7, 11) is 0. The van der Waals surface area contributed by atoms with Gasteiger partial charge in [0.05, 0.1) is 6.54 Å². The normalized spacial score (nSPS) is 18.2. The van der Waals surface area contributed by atoms with Gasteiger partial charge < -0.3 is 5.32 Å². The summed E-state index contributed by atoms with van der Waals surface area (Å²) >= 11 is 1.95. The van der Waals surface area contributed by atoms with Crippen molar-refractivity contribution in [2.24, 2.45) is 0 Å². The molecular weight excluding hydrogens is 232 g/mol. The van der Waals surface area contributed by atoms with Crippen LogP contribution in [0.2, 0.25) is 0 Å². The standard InChI is InChI=1S/C10H15F2N3S/c11-10(12)15-4-3-13-9(15)7-14-8-1-5-16-6-2-8/h3-4,8,10,14H,1-2,5-7H2. The van der Waals surface area contributed by atoms with Crippen molar-refractivity contribution in [1.29, 1.82) is 0 Å². The number of halogens is 2. The number of alkyl halides is 2. The molecule has 90 valence electrons. The van der Waals surface area contributed by atoms with Gasteiger partial charge in [-0.3, -0.25) is 4.57 Å². The summed E-state index contributed by atoms with van der Waals surface area (Å²) in [4.78, 5) is 3.94. The molecule has 0 aromatic carbocycles. The molecule has 0 amide bonds. The number of nitrogens with zero attached hydrogens (tertiary/aromatic N) is 2. The largest absolute Gasteiger partial charge is 0.319 e. The molecule has 1 N–H and O–H groups in total. The molecule has 1 aromatic rings. The molecule has 0 aliphatic carbocycles. The maximum Gasteiger partial charge on any atom is 0.319 e. The Morgan fingerprint density at radius 2 is 2.25 bits per heavy atom. The maximum absolute atomic E-state index is 12.5. The minimum Gasteiger partial charge on any atom is -0.307 e. The monoisotopic (exact) mass is 247 g/mol. The first-order valence-electron chi connectivity index (χ1n) is 5.38. The van der Waals surface area contributed by atoms with Crippen molar-refractivity contribution >= 4 is 11.8 Å². The van der Waals surface area contributed by atoms with Crippen LogP contribution in [-0.2, 0) is 6.54 Å².